The van der Waals surface area contributed by atoms with E-state index in [-0.39, 0.29) is 45.4 Å². The van der Waals surface area contributed by atoms with Crippen LogP contribution in [0.4, 0.5) is 4.79 Å². The number of allylic oxidation sites excluding steroid dienone is 4. The van der Waals surface area contributed by atoms with Crippen molar-refractivity contribution in [1.29, 1.82) is 5.26 Å². The number of nitrogens with one attached hydrogen (secondary N) is 1. The molecule has 6 heteroatoms. The molecule has 44 heavy (non-hydrogen) atoms. The second-order valence-electron chi connectivity index (χ2n) is 16.9. The fraction of sp³-hybridized carbons (Fsp3) is 0.789. The van der Waals surface area contributed by atoms with Crippen molar-refractivity contribution >= 4 is 17.7 Å². The van der Waals surface area contributed by atoms with E-state index in [0.717, 1.165) is 50.5 Å². The lowest BCUT2D eigenvalue weighted by Crippen LogP contribution is -2.55. The lowest BCUT2D eigenvalue weighted by molar-refractivity contribution is -0.131. The van der Waals surface area contributed by atoms with E-state index in [1.807, 2.05) is 32.9 Å². The fourth-order valence-electron chi connectivity index (χ4n) is 9.58. The number of ether oxygens (including phenoxy) is 1. The third-order valence-corrected chi connectivity index (χ3v) is 12.8. The molecule has 0 aliphatic heterocycles. The molecular weight excluding hydrogens is 548 g/mol. The minimum Gasteiger partial charge on any atom is -0.450 e. The number of hydrogen-bond acceptors (Lipinski definition) is 5. The third kappa shape index (κ3) is 6.73. The van der Waals surface area contributed by atoms with Gasteiger partial charge in [0, 0.05) is 17.4 Å². The Kier molecular flexibility index (Phi) is 10.5. The number of alkyl carbamates (subject to hydrolysis) is 1. The molecule has 2 fully saturated rings. The van der Waals surface area contributed by atoms with E-state index in [2.05, 4.69) is 59.9 Å². The summed E-state index contributed by atoms with van der Waals surface area (Å²) >= 11 is 0. The van der Waals surface area contributed by atoms with Crippen molar-refractivity contribution in [3.05, 3.63) is 23.3 Å². The molecule has 6 nitrogen and oxygen atoms in total. The molecule has 0 radical (unpaired) electrons. The third-order valence-electron chi connectivity index (χ3n) is 12.8. The second-order valence-corrected chi connectivity index (χ2v) is 16.9. The lowest BCUT2D eigenvalue weighted by Gasteiger charge is -2.61. The molecule has 1 N–H and O–H groups in total. The molecule has 0 aromatic rings. The Morgan fingerprint density at radius 3 is 2.34 bits per heavy atom. The first-order valence-corrected chi connectivity index (χ1v) is 17.0. The maximum absolute atomic E-state index is 13.3. The first-order chi connectivity index (χ1) is 20.2. The maximum Gasteiger partial charge on any atom is 0.407 e. The zero-order chi connectivity index (χ0) is 33.4. The summed E-state index contributed by atoms with van der Waals surface area (Å²) in [5, 5.41) is 12.7. The average Bonchev–Trinajstić information content (AvgIpc) is 2.91. The number of hydrogen-bond donors (Lipinski definition) is 1. The molecule has 1 amide bonds. The van der Waals surface area contributed by atoms with E-state index in [1.54, 1.807) is 6.92 Å². The van der Waals surface area contributed by atoms with Crippen LogP contribution in [0.3, 0.4) is 0 Å². The number of fused-ring (bicyclic) bond motifs is 1. The van der Waals surface area contributed by atoms with Crippen LogP contribution < -0.4 is 5.32 Å². The highest BCUT2D eigenvalue weighted by Gasteiger charge is 2.61. The van der Waals surface area contributed by atoms with Gasteiger partial charge in [0.15, 0.2) is 11.6 Å². The van der Waals surface area contributed by atoms with Gasteiger partial charge in [0.25, 0.3) is 0 Å². The Bertz CT molecular complexity index is 1230. The van der Waals surface area contributed by atoms with Crippen LogP contribution in [-0.4, -0.2) is 30.8 Å². The van der Waals surface area contributed by atoms with Gasteiger partial charge >= 0.3 is 6.09 Å². The molecule has 5 atom stereocenters. The van der Waals surface area contributed by atoms with Gasteiger partial charge in [-0.1, -0.05) is 74.0 Å². The summed E-state index contributed by atoms with van der Waals surface area (Å²) in [6.07, 6.45) is 12.6. The average molecular weight is 609 g/mol. The van der Waals surface area contributed by atoms with E-state index in [0.29, 0.717) is 24.5 Å². The molecule has 0 bridgehead atoms. The van der Waals surface area contributed by atoms with Gasteiger partial charge in [0.2, 0.25) is 0 Å². The molecule has 0 aromatic carbocycles. The highest BCUT2D eigenvalue weighted by Crippen LogP contribution is 2.67. The summed E-state index contributed by atoms with van der Waals surface area (Å²) in [5.41, 5.74) is 0.0964. The van der Waals surface area contributed by atoms with E-state index >= 15 is 0 Å². The quantitative estimate of drug-likeness (QED) is 0.197. The van der Waals surface area contributed by atoms with Gasteiger partial charge in [-0.15, -0.1) is 0 Å². The van der Waals surface area contributed by atoms with E-state index in [1.165, 1.54) is 12.8 Å². The first-order valence-electron chi connectivity index (χ1n) is 17.0. The normalized spacial score (nSPS) is 34.0. The van der Waals surface area contributed by atoms with Gasteiger partial charge < -0.3 is 10.1 Å². The first kappa shape index (κ1) is 36.1. The minimum absolute atomic E-state index is 0.0113. The van der Waals surface area contributed by atoms with E-state index < -0.39 is 10.8 Å². The number of nitriles is 1. The molecule has 0 aromatic heterocycles. The Hall–Kier alpha value is -2.42. The zero-order valence-corrected chi connectivity index (χ0v) is 29.7. The number of carbonyl (C=O) groups is 3. The van der Waals surface area contributed by atoms with Crippen LogP contribution in [0.5, 0.6) is 0 Å². The van der Waals surface area contributed by atoms with E-state index in [9.17, 15) is 19.6 Å². The van der Waals surface area contributed by atoms with E-state index in [4.69, 9.17) is 4.74 Å². The Morgan fingerprint density at radius 2 is 1.77 bits per heavy atom. The number of Topliss-reactive ketones (excluding diaryl/α,β-unsaturated/α-hetero) is 1. The van der Waals surface area contributed by atoms with Crippen molar-refractivity contribution in [1.82, 2.24) is 5.32 Å². The molecule has 3 aliphatic carbocycles. The van der Waals surface area contributed by atoms with Crippen LogP contribution in [0.15, 0.2) is 23.3 Å². The van der Waals surface area contributed by atoms with Gasteiger partial charge in [-0.2, -0.15) is 5.26 Å². The zero-order valence-electron chi connectivity index (χ0n) is 29.7. The second kappa shape index (κ2) is 12.8. The Labute approximate surface area is 267 Å². The number of carbonyl (C=O) groups excluding carboxylic acids is 3. The fourth-order valence-corrected chi connectivity index (χ4v) is 9.58. The molecule has 2 saturated carbocycles. The van der Waals surface area contributed by atoms with Gasteiger partial charge in [-0.05, 0) is 111 Å². The molecule has 246 valence electrons. The predicted octanol–water partition coefficient (Wildman–Crippen LogP) is 9.15. The van der Waals surface area contributed by atoms with Crippen LogP contribution in [-0.2, 0) is 14.3 Å². The summed E-state index contributed by atoms with van der Waals surface area (Å²) in [5.74, 6) is 0.494. The highest BCUT2D eigenvalue weighted by molar-refractivity contribution is 6.04. The van der Waals surface area contributed by atoms with Gasteiger partial charge in [-0.3, -0.25) is 9.59 Å². The lowest BCUT2D eigenvalue weighted by atomic mass is 9.42. The van der Waals surface area contributed by atoms with Gasteiger partial charge in [0.1, 0.15) is 6.07 Å². The number of ketones is 2. The standard InChI is InChI=1S/C38H60N2O4/c1-12-40-32(43)44-21-13-15-38(19-17-33(4,5)23-26(38)2)20-18-34(6,7)37(11)16-14-29-35(8,9)31(42)28(25-39)24-36(29,10)30(37)22-27(3)41/h22,24,26,29H,12-21,23H2,1-11H3,(H,40,43)/b30-22-/t26?,29-,36-,37+,38+/m0/s1. The topological polar surface area (TPSA) is 96.3 Å². The van der Waals surface area contributed by atoms with Crippen LogP contribution >= 0.6 is 0 Å². The van der Waals surface area contributed by atoms with Crippen molar-refractivity contribution in [3.63, 3.8) is 0 Å². The SMILES string of the molecule is CCNC(=O)OCCC[C@]1(CCC(C)(C)[C@]2(C)CC[C@H]3C(C)(C)C(=O)C(C#N)=C[C@]3(C)/C2=C/C(C)=O)CCC(C)(C)CC1C. The number of rotatable bonds is 10. The summed E-state index contributed by atoms with van der Waals surface area (Å²) in [7, 11) is 0. The summed E-state index contributed by atoms with van der Waals surface area (Å²) in [6.45, 7) is 24.9. The van der Waals surface area contributed by atoms with Crippen molar-refractivity contribution in [2.45, 2.75) is 134 Å². The summed E-state index contributed by atoms with van der Waals surface area (Å²) in [4.78, 5) is 38.1. The number of nitrogens with zero attached hydrogens (tertiary/aromatic N) is 1. The predicted molar refractivity (Wildman–Crippen MR) is 177 cm³/mol. The smallest absolute Gasteiger partial charge is 0.407 e. The molecule has 0 spiro atoms. The van der Waals surface area contributed by atoms with Crippen molar-refractivity contribution in [2.24, 2.45) is 44.3 Å². The molecular formula is C38H60N2O4. The molecule has 3 rings (SSSR count). The summed E-state index contributed by atoms with van der Waals surface area (Å²) in [6, 6.07) is 2.19. The van der Waals surface area contributed by atoms with Crippen LogP contribution in [0.2, 0.25) is 0 Å². The maximum atomic E-state index is 13.3. The molecule has 3 aliphatic rings. The highest BCUT2D eigenvalue weighted by atomic mass is 16.5. The minimum atomic E-state index is -0.680. The largest absolute Gasteiger partial charge is 0.450 e. The Morgan fingerprint density at radius 1 is 1.11 bits per heavy atom. The van der Waals surface area contributed by atoms with Gasteiger partial charge in [0.05, 0.1) is 12.2 Å². The molecule has 0 heterocycles. The summed E-state index contributed by atoms with van der Waals surface area (Å²) < 4.78 is 5.46. The van der Waals surface area contributed by atoms with Crippen LogP contribution in [0.25, 0.3) is 0 Å². The van der Waals surface area contributed by atoms with Crippen molar-refractivity contribution in [3.8, 4) is 6.07 Å². The van der Waals surface area contributed by atoms with Crippen LogP contribution in [0, 0.1) is 55.7 Å². The molecule has 0 saturated heterocycles. The van der Waals surface area contributed by atoms with Crippen LogP contribution in [0.1, 0.15) is 134 Å². The monoisotopic (exact) mass is 608 g/mol. The van der Waals surface area contributed by atoms with Crippen molar-refractivity contribution < 1.29 is 19.1 Å². The Balaban J connectivity index is 1.96. The molecule has 1 unspecified atom stereocenters. The van der Waals surface area contributed by atoms with Crippen molar-refractivity contribution in [2.75, 3.05) is 13.2 Å². The number of amides is 1. The van der Waals surface area contributed by atoms with Gasteiger partial charge in [-0.25, -0.2) is 4.79 Å².